The largest absolute Gasteiger partial charge is 0.0628 e. The second-order valence-electron chi connectivity index (χ2n) is 4.50. The highest BCUT2D eigenvalue weighted by molar-refractivity contribution is 4.55. The highest BCUT2D eigenvalue weighted by Crippen LogP contribution is 2.12. The molecule has 0 aliphatic carbocycles. The lowest BCUT2D eigenvalue weighted by Gasteiger charge is -2.03. The average Bonchev–Trinajstić information content (AvgIpc) is 2.09. The van der Waals surface area contributed by atoms with Gasteiger partial charge in [0.15, 0.2) is 0 Å². The summed E-state index contributed by atoms with van der Waals surface area (Å²) in [6, 6.07) is 0. The Morgan fingerprint density at radius 2 is 1.38 bits per heavy atom. The summed E-state index contributed by atoms with van der Waals surface area (Å²) in [6.07, 6.45) is 13.6. The van der Waals surface area contributed by atoms with Crippen LogP contribution in [0.3, 0.4) is 0 Å². The summed E-state index contributed by atoms with van der Waals surface area (Å²) in [4.78, 5) is 0. The molecule has 0 atom stereocenters. The van der Waals surface area contributed by atoms with E-state index >= 15 is 0 Å². The van der Waals surface area contributed by atoms with E-state index < -0.39 is 0 Å². The molecule has 0 spiro atoms. The molecule has 0 saturated heterocycles. The van der Waals surface area contributed by atoms with Crippen molar-refractivity contribution in [2.45, 2.75) is 72.1 Å². The van der Waals surface area contributed by atoms with Gasteiger partial charge < -0.3 is 0 Å². The van der Waals surface area contributed by atoms with Gasteiger partial charge in [-0.2, -0.15) is 0 Å². The lowest BCUT2D eigenvalue weighted by Crippen LogP contribution is -1.87. The Labute approximate surface area is 85.1 Å². The van der Waals surface area contributed by atoms with Gasteiger partial charge >= 0.3 is 0 Å². The van der Waals surface area contributed by atoms with Crippen LogP contribution in [0, 0.1) is 12.3 Å². The van der Waals surface area contributed by atoms with Crippen molar-refractivity contribution in [1.82, 2.24) is 0 Å². The van der Waals surface area contributed by atoms with Gasteiger partial charge in [0.25, 0.3) is 0 Å². The van der Waals surface area contributed by atoms with Gasteiger partial charge in [0.05, 0.1) is 0 Å². The Morgan fingerprint density at radius 1 is 0.846 bits per heavy atom. The van der Waals surface area contributed by atoms with Crippen LogP contribution in [-0.2, 0) is 0 Å². The van der Waals surface area contributed by atoms with Crippen LogP contribution in [0.15, 0.2) is 0 Å². The highest BCUT2D eigenvalue weighted by Gasteiger charge is 1.94. The van der Waals surface area contributed by atoms with E-state index in [1.807, 2.05) is 0 Å². The van der Waals surface area contributed by atoms with E-state index in [0.29, 0.717) is 0 Å². The van der Waals surface area contributed by atoms with Crippen molar-refractivity contribution >= 4 is 0 Å². The second kappa shape index (κ2) is 10.1. The average molecular weight is 183 g/mol. The first-order chi connectivity index (χ1) is 6.27. The van der Waals surface area contributed by atoms with Crippen molar-refractivity contribution in [3.05, 3.63) is 6.42 Å². The van der Waals surface area contributed by atoms with Crippen LogP contribution >= 0.6 is 0 Å². The molecule has 0 aliphatic heterocycles. The molecule has 0 heterocycles. The Hall–Kier alpha value is 0. The van der Waals surface area contributed by atoms with E-state index in [1.54, 1.807) is 0 Å². The third-order valence-electron chi connectivity index (χ3n) is 2.52. The molecule has 0 amide bonds. The maximum Gasteiger partial charge on any atom is -0.0417 e. The van der Waals surface area contributed by atoms with Crippen LogP contribution in [0.25, 0.3) is 0 Å². The molecule has 0 rings (SSSR count). The van der Waals surface area contributed by atoms with Crippen LogP contribution < -0.4 is 0 Å². The molecule has 0 aromatic rings. The van der Waals surface area contributed by atoms with Crippen molar-refractivity contribution < 1.29 is 0 Å². The van der Waals surface area contributed by atoms with Gasteiger partial charge in [-0.1, -0.05) is 72.1 Å². The van der Waals surface area contributed by atoms with E-state index in [0.717, 1.165) is 5.92 Å². The third kappa shape index (κ3) is 12.0. The molecule has 0 unspecified atom stereocenters. The van der Waals surface area contributed by atoms with Gasteiger partial charge in [-0.05, 0) is 12.3 Å². The Bertz CT molecular complexity index is 84.0. The number of hydrogen-bond acceptors (Lipinski definition) is 0. The molecule has 0 bridgehead atoms. The topological polar surface area (TPSA) is 0 Å². The molecule has 0 saturated carbocycles. The maximum atomic E-state index is 2.32. The minimum atomic E-state index is 0.898. The second-order valence-corrected chi connectivity index (χ2v) is 4.50. The Morgan fingerprint density at radius 3 is 1.92 bits per heavy atom. The first-order valence-electron chi connectivity index (χ1n) is 6.05. The van der Waals surface area contributed by atoms with Crippen LogP contribution in [0.4, 0.5) is 0 Å². The summed E-state index contributed by atoms with van der Waals surface area (Å²) in [6.45, 7) is 6.79. The fourth-order valence-electron chi connectivity index (χ4n) is 1.61. The van der Waals surface area contributed by atoms with Crippen LogP contribution in [0.2, 0.25) is 0 Å². The van der Waals surface area contributed by atoms with Crippen molar-refractivity contribution in [1.29, 1.82) is 0 Å². The highest BCUT2D eigenvalue weighted by atomic mass is 14.0. The quantitative estimate of drug-likeness (QED) is 0.442. The zero-order valence-corrected chi connectivity index (χ0v) is 9.81. The fourth-order valence-corrected chi connectivity index (χ4v) is 1.61. The Balaban J connectivity index is 2.84. The number of hydrogen-bond donors (Lipinski definition) is 0. The summed E-state index contributed by atoms with van der Waals surface area (Å²) in [5.41, 5.74) is 0. The van der Waals surface area contributed by atoms with Gasteiger partial charge in [-0.3, -0.25) is 0 Å². The molecule has 0 heteroatoms. The third-order valence-corrected chi connectivity index (χ3v) is 2.52. The van der Waals surface area contributed by atoms with Gasteiger partial charge in [0.2, 0.25) is 0 Å². The summed E-state index contributed by atoms with van der Waals surface area (Å²) in [7, 11) is 0. The minimum absolute atomic E-state index is 0.898. The molecule has 0 N–H and O–H groups in total. The number of unbranched alkanes of at least 4 members (excludes halogenated alkanes) is 7. The maximum absolute atomic E-state index is 2.32. The first-order valence-corrected chi connectivity index (χ1v) is 6.05. The van der Waals surface area contributed by atoms with E-state index in [2.05, 4.69) is 27.2 Å². The molecule has 79 valence electrons. The summed E-state index contributed by atoms with van der Waals surface area (Å²) in [5, 5.41) is 0. The van der Waals surface area contributed by atoms with Crippen LogP contribution in [-0.4, -0.2) is 0 Å². The van der Waals surface area contributed by atoms with Gasteiger partial charge in [0, 0.05) is 0 Å². The molecular weight excluding hydrogens is 156 g/mol. The summed E-state index contributed by atoms with van der Waals surface area (Å²) < 4.78 is 0. The van der Waals surface area contributed by atoms with Crippen LogP contribution in [0.1, 0.15) is 72.1 Å². The summed E-state index contributed by atoms with van der Waals surface area (Å²) in [5.74, 6) is 0.898. The lowest BCUT2D eigenvalue weighted by atomic mass is 10.0. The molecule has 0 aromatic carbocycles. The van der Waals surface area contributed by atoms with E-state index in [-0.39, 0.29) is 0 Å². The molecule has 0 nitrogen and oxygen atoms in total. The smallest absolute Gasteiger partial charge is 0.0417 e. The van der Waals surface area contributed by atoms with Crippen molar-refractivity contribution in [3.8, 4) is 0 Å². The normalized spacial score (nSPS) is 11.1. The molecule has 13 heavy (non-hydrogen) atoms. The lowest BCUT2D eigenvalue weighted by molar-refractivity contribution is 0.511. The first kappa shape index (κ1) is 13.0. The Kier molecular flexibility index (Phi) is 10.1. The van der Waals surface area contributed by atoms with Crippen LogP contribution in [0.5, 0.6) is 0 Å². The monoisotopic (exact) mass is 183 g/mol. The fraction of sp³-hybridized carbons (Fsp3) is 0.923. The summed E-state index contributed by atoms with van der Waals surface area (Å²) >= 11 is 0. The van der Waals surface area contributed by atoms with Crippen molar-refractivity contribution in [2.75, 3.05) is 0 Å². The zero-order chi connectivity index (χ0) is 9.94. The van der Waals surface area contributed by atoms with Gasteiger partial charge in [-0.15, -0.1) is 0 Å². The van der Waals surface area contributed by atoms with E-state index in [4.69, 9.17) is 0 Å². The van der Waals surface area contributed by atoms with Crippen molar-refractivity contribution in [3.63, 3.8) is 0 Å². The van der Waals surface area contributed by atoms with Gasteiger partial charge in [-0.25, -0.2) is 0 Å². The predicted octanol–water partition coefficient (Wildman–Crippen LogP) is 4.99. The zero-order valence-electron chi connectivity index (χ0n) is 9.81. The van der Waals surface area contributed by atoms with E-state index in [1.165, 1.54) is 51.4 Å². The molecule has 1 radical (unpaired) electrons. The molecule has 0 aliphatic rings. The molecule has 0 aromatic heterocycles. The predicted molar refractivity (Wildman–Crippen MR) is 61.7 cm³/mol. The molecule has 0 fully saturated rings. The van der Waals surface area contributed by atoms with Gasteiger partial charge in [0.1, 0.15) is 0 Å². The number of rotatable bonds is 9. The standard InChI is InChI=1S/C13H27/c1-4-5-6-7-8-9-10-11-12-13(2)3/h4,13H,5-12H2,1-3H3. The molecular formula is C13H27. The van der Waals surface area contributed by atoms with Crippen molar-refractivity contribution in [2.24, 2.45) is 5.92 Å². The SMILES string of the molecule is C[CH]CCCCCCCCC(C)C. The minimum Gasteiger partial charge on any atom is -0.0628 e. The van der Waals surface area contributed by atoms with E-state index in [9.17, 15) is 0 Å².